The molecule has 0 saturated heterocycles. The number of hydrogen-bond donors (Lipinski definition) is 0. The second kappa shape index (κ2) is 8.05. The second-order valence-corrected chi connectivity index (χ2v) is 7.43. The summed E-state index contributed by atoms with van der Waals surface area (Å²) in [5.74, 6) is -1.67. The molecule has 33 heavy (non-hydrogen) atoms. The van der Waals surface area contributed by atoms with Crippen molar-refractivity contribution >= 4 is 11.0 Å². The highest BCUT2D eigenvalue weighted by Gasteiger charge is 2.19. The van der Waals surface area contributed by atoms with Crippen LogP contribution in [-0.2, 0) is 13.6 Å². The summed E-state index contributed by atoms with van der Waals surface area (Å²) in [4.78, 5) is 17.0. The largest absolute Gasteiger partial charge is 0.415 e. The maximum atomic E-state index is 14.9. The molecule has 0 amide bonds. The molecule has 0 unspecified atom stereocenters. The molecule has 0 saturated carbocycles. The normalized spacial score (nSPS) is 11.5. The van der Waals surface area contributed by atoms with Gasteiger partial charge in [0.05, 0.1) is 17.6 Å². The number of alkyl halides is 2. The van der Waals surface area contributed by atoms with Crippen molar-refractivity contribution in [1.82, 2.24) is 24.3 Å². The molecule has 5 aromatic rings. The number of aromatic nitrogens is 5. The van der Waals surface area contributed by atoms with Crippen molar-refractivity contribution < 1.29 is 17.6 Å². The van der Waals surface area contributed by atoms with E-state index in [-0.39, 0.29) is 29.3 Å². The van der Waals surface area contributed by atoms with E-state index in [0.29, 0.717) is 11.0 Å². The first-order valence-electron chi connectivity index (χ1n) is 9.92. The van der Waals surface area contributed by atoms with Crippen LogP contribution in [-0.4, -0.2) is 24.3 Å². The summed E-state index contributed by atoms with van der Waals surface area (Å²) in [6, 6.07) is 13.4. The number of aryl methyl sites for hydroxylation is 1. The van der Waals surface area contributed by atoms with Crippen molar-refractivity contribution in [2.75, 3.05) is 0 Å². The van der Waals surface area contributed by atoms with Crippen LogP contribution in [0.15, 0.2) is 70.1 Å². The highest BCUT2D eigenvalue weighted by atomic mass is 19.3. The maximum Gasteiger partial charge on any atom is 0.329 e. The van der Waals surface area contributed by atoms with Crippen LogP contribution >= 0.6 is 0 Å². The maximum absolute atomic E-state index is 14.9. The minimum absolute atomic E-state index is 0.0229. The van der Waals surface area contributed by atoms with Gasteiger partial charge in [0.1, 0.15) is 5.82 Å². The lowest BCUT2D eigenvalue weighted by Crippen LogP contribution is -2.23. The first-order chi connectivity index (χ1) is 15.9. The number of rotatable bonds is 5. The molecule has 0 N–H and O–H groups in total. The van der Waals surface area contributed by atoms with E-state index >= 15 is 0 Å². The van der Waals surface area contributed by atoms with E-state index in [0.717, 1.165) is 17.2 Å². The third-order valence-corrected chi connectivity index (χ3v) is 5.40. The fourth-order valence-corrected chi connectivity index (χ4v) is 3.69. The Kier molecular flexibility index (Phi) is 5.04. The number of pyridine rings is 1. The quantitative estimate of drug-likeness (QED) is 0.391. The van der Waals surface area contributed by atoms with Crippen molar-refractivity contribution in [2.45, 2.75) is 13.0 Å². The van der Waals surface area contributed by atoms with Gasteiger partial charge >= 0.3 is 12.1 Å². The van der Waals surface area contributed by atoms with Crippen LogP contribution in [0.5, 0.6) is 0 Å². The molecule has 0 aliphatic carbocycles. The van der Waals surface area contributed by atoms with Crippen LogP contribution in [0, 0.1) is 5.82 Å². The van der Waals surface area contributed by atoms with Gasteiger partial charge < -0.3 is 4.42 Å². The minimum Gasteiger partial charge on any atom is -0.415 e. The Morgan fingerprint density at radius 2 is 1.82 bits per heavy atom. The lowest BCUT2D eigenvalue weighted by molar-refractivity contribution is 0.116. The molecule has 0 fully saturated rings. The fourth-order valence-electron chi connectivity index (χ4n) is 3.69. The van der Waals surface area contributed by atoms with Gasteiger partial charge in [-0.1, -0.05) is 18.2 Å². The predicted octanol–water partition coefficient (Wildman–Crippen LogP) is 4.58. The van der Waals surface area contributed by atoms with E-state index in [9.17, 15) is 18.0 Å². The number of fused-ring (bicyclic) bond motifs is 1. The molecular formula is C23H16F3N5O2. The number of halogens is 3. The predicted molar refractivity (Wildman–Crippen MR) is 114 cm³/mol. The van der Waals surface area contributed by atoms with Crippen molar-refractivity contribution in [3.8, 4) is 22.6 Å². The second-order valence-electron chi connectivity index (χ2n) is 7.43. The molecule has 7 nitrogen and oxygen atoms in total. The van der Waals surface area contributed by atoms with E-state index in [1.165, 1.54) is 21.3 Å². The SMILES string of the molecule is Cn1c(=O)n(Cc2ccc(-c3nnc(C(F)F)o3)cc2F)c2cc(-c3cccnc3)ccc21. The zero-order valence-corrected chi connectivity index (χ0v) is 17.2. The van der Waals surface area contributed by atoms with Crippen LogP contribution in [0.1, 0.15) is 17.9 Å². The standard InChI is InChI=1S/C23H16F3N5O2/c1-30-18-7-6-13(15-3-2-8-27-11-15)10-19(18)31(23(30)32)12-16-5-4-14(9-17(16)24)21-28-29-22(33-21)20(25)26/h2-11,20H,12H2,1H3. The number of hydrogen-bond acceptors (Lipinski definition) is 5. The fraction of sp³-hybridized carbons (Fsp3) is 0.130. The molecule has 3 aromatic heterocycles. The van der Waals surface area contributed by atoms with Gasteiger partial charge in [-0.3, -0.25) is 14.1 Å². The van der Waals surface area contributed by atoms with Gasteiger partial charge in [-0.15, -0.1) is 10.2 Å². The van der Waals surface area contributed by atoms with Crippen LogP contribution in [0.4, 0.5) is 13.2 Å². The van der Waals surface area contributed by atoms with Crippen molar-refractivity contribution in [3.63, 3.8) is 0 Å². The molecule has 10 heteroatoms. The third-order valence-electron chi connectivity index (χ3n) is 5.40. The van der Waals surface area contributed by atoms with Crippen molar-refractivity contribution in [3.05, 3.63) is 88.7 Å². The Balaban J connectivity index is 1.53. The third kappa shape index (κ3) is 3.69. The smallest absolute Gasteiger partial charge is 0.329 e. The van der Waals surface area contributed by atoms with Gasteiger partial charge in [0, 0.05) is 36.1 Å². The first-order valence-corrected chi connectivity index (χ1v) is 9.92. The number of imidazole rings is 1. The van der Waals surface area contributed by atoms with Crippen LogP contribution in [0.3, 0.4) is 0 Å². The van der Waals surface area contributed by atoms with Crippen LogP contribution in [0.2, 0.25) is 0 Å². The first kappa shape index (κ1) is 20.7. The summed E-state index contributed by atoms with van der Waals surface area (Å²) < 4.78 is 48.1. The topological polar surface area (TPSA) is 78.7 Å². The van der Waals surface area contributed by atoms with E-state index in [1.54, 1.807) is 19.4 Å². The zero-order chi connectivity index (χ0) is 23.1. The molecule has 3 heterocycles. The van der Waals surface area contributed by atoms with E-state index in [4.69, 9.17) is 4.42 Å². The van der Waals surface area contributed by atoms with E-state index in [2.05, 4.69) is 15.2 Å². The molecule has 0 atom stereocenters. The van der Waals surface area contributed by atoms with Crippen LogP contribution in [0.25, 0.3) is 33.6 Å². The summed E-state index contributed by atoms with van der Waals surface area (Å²) in [6.45, 7) is -0.0229. The zero-order valence-electron chi connectivity index (χ0n) is 17.2. The molecule has 166 valence electrons. The summed E-state index contributed by atoms with van der Waals surface area (Å²) in [7, 11) is 1.65. The molecule has 0 bridgehead atoms. The van der Waals surface area contributed by atoms with Crippen molar-refractivity contribution in [2.24, 2.45) is 7.05 Å². The summed E-state index contributed by atoms with van der Waals surface area (Å²) >= 11 is 0. The Morgan fingerprint density at radius 1 is 1.00 bits per heavy atom. The van der Waals surface area contributed by atoms with E-state index < -0.39 is 18.1 Å². The Morgan fingerprint density at radius 3 is 2.52 bits per heavy atom. The Bertz CT molecular complexity index is 1520. The molecule has 2 aromatic carbocycles. The lowest BCUT2D eigenvalue weighted by Gasteiger charge is -2.08. The molecule has 0 radical (unpaired) electrons. The van der Waals surface area contributed by atoms with Crippen molar-refractivity contribution in [1.29, 1.82) is 0 Å². The van der Waals surface area contributed by atoms with Gasteiger partial charge in [0.25, 0.3) is 5.89 Å². The summed E-state index contributed by atoms with van der Waals surface area (Å²) in [6.07, 6.45) is 0.488. The molecular weight excluding hydrogens is 435 g/mol. The lowest BCUT2D eigenvalue weighted by atomic mass is 10.1. The molecule has 0 aliphatic heterocycles. The van der Waals surface area contributed by atoms with Gasteiger partial charge in [0.2, 0.25) is 5.89 Å². The number of nitrogens with zero attached hydrogens (tertiary/aromatic N) is 5. The summed E-state index contributed by atoms with van der Waals surface area (Å²) in [5, 5.41) is 6.78. The minimum atomic E-state index is -2.91. The van der Waals surface area contributed by atoms with Gasteiger partial charge in [-0.2, -0.15) is 8.78 Å². The summed E-state index contributed by atoms with van der Waals surface area (Å²) in [5.41, 5.74) is 3.22. The average molecular weight is 451 g/mol. The Labute approximate surface area is 184 Å². The highest BCUT2D eigenvalue weighted by molar-refractivity contribution is 5.82. The highest BCUT2D eigenvalue weighted by Crippen LogP contribution is 2.27. The van der Waals surface area contributed by atoms with Crippen LogP contribution < -0.4 is 5.69 Å². The Hall–Kier alpha value is -4.21. The van der Waals surface area contributed by atoms with Gasteiger partial charge in [0.15, 0.2) is 0 Å². The van der Waals surface area contributed by atoms with E-state index in [1.807, 2.05) is 30.3 Å². The molecule has 0 aliphatic rings. The average Bonchev–Trinajstić information content (AvgIpc) is 3.41. The monoisotopic (exact) mass is 451 g/mol. The number of benzene rings is 2. The molecule has 5 rings (SSSR count). The van der Waals surface area contributed by atoms with Gasteiger partial charge in [-0.05, 0) is 35.9 Å². The molecule has 0 spiro atoms. The van der Waals surface area contributed by atoms with Gasteiger partial charge in [-0.25, -0.2) is 9.18 Å².